The summed E-state index contributed by atoms with van der Waals surface area (Å²) in [7, 11) is -3.62. The van der Waals surface area contributed by atoms with Crippen molar-refractivity contribution in [2.45, 2.75) is 38.5 Å². The number of unbranched alkanes of at least 4 members (excludes halogenated alkanes) is 1. The Bertz CT molecular complexity index is 1090. The molecule has 0 saturated carbocycles. The van der Waals surface area contributed by atoms with E-state index >= 15 is 0 Å². The molecule has 10 heteroatoms. The molecule has 0 fully saturated rings. The van der Waals surface area contributed by atoms with E-state index < -0.39 is 10.0 Å². The van der Waals surface area contributed by atoms with Gasteiger partial charge in [-0.2, -0.15) is 4.31 Å². The van der Waals surface area contributed by atoms with Gasteiger partial charge < -0.3 is 25.4 Å². The molecule has 2 aromatic carbocycles. The van der Waals surface area contributed by atoms with Gasteiger partial charge in [-0.3, -0.25) is 4.79 Å². The molecule has 186 valence electrons. The molecule has 1 amide bonds. The third kappa shape index (κ3) is 6.32. The Morgan fingerprint density at radius 1 is 0.941 bits per heavy atom. The molecule has 0 aromatic heterocycles. The van der Waals surface area contributed by atoms with Crippen LogP contribution < -0.4 is 25.4 Å². The van der Waals surface area contributed by atoms with Crippen molar-refractivity contribution in [1.82, 2.24) is 4.31 Å². The molecular weight excluding hydrogens is 456 g/mol. The number of benzene rings is 2. The van der Waals surface area contributed by atoms with Crippen LogP contribution in [0.4, 0.5) is 17.1 Å². The van der Waals surface area contributed by atoms with Gasteiger partial charge in [0.2, 0.25) is 15.9 Å². The number of rotatable bonds is 12. The summed E-state index contributed by atoms with van der Waals surface area (Å²) in [4.78, 5) is 12.8. The second kappa shape index (κ2) is 11.9. The number of nitrogens with zero attached hydrogens (tertiary/aromatic N) is 1. The summed E-state index contributed by atoms with van der Waals surface area (Å²) < 4.78 is 38.5. The summed E-state index contributed by atoms with van der Waals surface area (Å²) in [6.45, 7) is 8.16. The lowest BCUT2D eigenvalue weighted by Gasteiger charge is -2.21. The second-order valence-corrected chi connectivity index (χ2v) is 9.78. The molecule has 3 rings (SSSR count). The number of carbonyl (C=O) groups excluding carboxylic acids is 1. The van der Waals surface area contributed by atoms with Gasteiger partial charge in [-0.15, -0.1) is 0 Å². The second-order valence-electron chi connectivity index (χ2n) is 7.84. The lowest BCUT2D eigenvalue weighted by Crippen LogP contribution is -2.30. The van der Waals surface area contributed by atoms with Crippen LogP contribution in [-0.4, -0.2) is 58.0 Å². The minimum Gasteiger partial charge on any atom is -0.486 e. The van der Waals surface area contributed by atoms with Crippen molar-refractivity contribution < 1.29 is 22.7 Å². The van der Waals surface area contributed by atoms with Gasteiger partial charge in [-0.25, -0.2) is 8.42 Å². The van der Waals surface area contributed by atoms with Crippen LogP contribution in [0.15, 0.2) is 41.3 Å². The minimum absolute atomic E-state index is 0.0360. The molecule has 1 heterocycles. The smallest absolute Gasteiger partial charge is 0.243 e. The fourth-order valence-corrected chi connectivity index (χ4v) is 5.08. The number of sulfonamides is 1. The van der Waals surface area contributed by atoms with E-state index in [1.807, 2.05) is 13.8 Å². The summed E-state index contributed by atoms with van der Waals surface area (Å²) >= 11 is 0. The molecule has 2 aromatic rings. The van der Waals surface area contributed by atoms with E-state index in [-0.39, 0.29) is 17.3 Å². The number of hydrogen-bond donors (Lipinski definition) is 3. The summed E-state index contributed by atoms with van der Waals surface area (Å²) in [5.74, 6) is 0.971. The standard InChI is InChI=1S/C24H34N4O5S/c1-4-7-12-25-20-10-9-19(34(30,31)28(5-2)6-3)16-21(20)26-17-24(29)27-18-8-11-22-23(15-18)33-14-13-32-22/h8-11,15-16,25-26H,4-7,12-14,17H2,1-3H3,(H,27,29). The fraction of sp³-hybridized carbons (Fsp3) is 0.458. The predicted molar refractivity (Wildman–Crippen MR) is 134 cm³/mol. The van der Waals surface area contributed by atoms with Gasteiger partial charge in [-0.05, 0) is 36.8 Å². The predicted octanol–water partition coefficient (Wildman–Crippen LogP) is 3.75. The first-order valence-electron chi connectivity index (χ1n) is 11.7. The topological polar surface area (TPSA) is 109 Å². The van der Waals surface area contributed by atoms with Crippen molar-refractivity contribution in [2.75, 3.05) is 55.3 Å². The number of nitrogens with one attached hydrogen (secondary N) is 3. The highest BCUT2D eigenvalue weighted by molar-refractivity contribution is 7.89. The molecular formula is C24H34N4O5S. The zero-order valence-electron chi connectivity index (χ0n) is 20.0. The Morgan fingerprint density at radius 2 is 1.68 bits per heavy atom. The number of anilines is 3. The largest absolute Gasteiger partial charge is 0.486 e. The van der Waals surface area contributed by atoms with Crippen molar-refractivity contribution in [3.05, 3.63) is 36.4 Å². The third-order valence-electron chi connectivity index (χ3n) is 5.45. The maximum Gasteiger partial charge on any atom is 0.243 e. The average molecular weight is 491 g/mol. The van der Waals surface area contributed by atoms with Crippen LogP contribution in [0.2, 0.25) is 0 Å². The van der Waals surface area contributed by atoms with E-state index in [2.05, 4.69) is 22.9 Å². The van der Waals surface area contributed by atoms with E-state index in [0.29, 0.717) is 49.2 Å². The Morgan fingerprint density at radius 3 is 2.38 bits per heavy atom. The van der Waals surface area contributed by atoms with Crippen molar-refractivity contribution in [2.24, 2.45) is 0 Å². The van der Waals surface area contributed by atoms with E-state index in [1.165, 1.54) is 4.31 Å². The minimum atomic E-state index is -3.62. The maximum atomic E-state index is 13.0. The molecule has 0 unspecified atom stereocenters. The van der Waals surface area contributed by atoms with Crippen molar-refractivity contribution >= 4 is 33.0 Å². The van der Waals surface area contributed by atoms with E-state index in [0.717, 1.165) is 25.1 Å². The summed E-state index contributed by atoms with van der Waals surface area (Å²) in [5, 5.41) is 9.25. The van der Waals surface area contributed by atoms with Crippen LogP contribution in [-0.2, 0) is 14.8 Å². The van der Waals surface area contributed by atoms with E-state index in [4.69, 9.17) is 9.47 Å². The highest BCUT2D eigenvalue weighted by atomic mass is 32.2. The average Bonchev–Trinajstić information content (AvgIpc) is 2.84. The molecule has 0 spiro atoms. The summed E-state index contributed by atoms with van der Waals surface area (Å²) in [5.41, 5.74) is 1.90. The third-order valence-corrected chi connectivity index (χ3v) is 7.49. The fourth-order valence-electron chi connectivity index (χ4n) is 3.60. The lowest BCUT2D eigenvalue weighted by atomic mass is 10.2. The molecule has 1 aliphatic heterocycles. The first-order chi connectivity index (χ1) is 16.4. The van der Waals surface area contributed by atoms with E-state index in [9.17, 15) is 13.2 Å². The molecule has 0 bridgehead atoms. The molecule has 9 nitrogen and oxygen atoms in total. The number of amides is 1. The van der Waals surface area contributed by atoms with Gasteiger partial charge in [0.05, 0.1) is 22.8 Å². The molecule has 0 radical (unpaired) electrons. The molecule has 1 aliphatic rings. The van der Waals surface area contributed by atoms with Crippen LogP contribution in [0.5, 0.6) is 11.5 Å². The van der Waals surface area contributed by atoms with E-state index in [1.54, 1.807) is 36.4 Å². The van der Waals surface area contributed by atoms with Crippen LogP contribution in [0, 0.1) is 0 Å². The van der Waals surface area contributed by atoms with Gasteiger partial charge in [0.15, 0.2) is 11.5 Å². The normalized spacial score (nSPS) is 12.9. The Labute approximate surface area is 201 Å². The van der Waals surface area contributed by atoms with Crippen molar-refractivity contribution in [1.29, 1.82) is 0 Å². The highest BCUT2D eigenvalue weighted by Gasteiger charge is 2.23. The lowest BCUT2D eigenvalue weighted by molar-refractivity contribution is -0.114. The number of hydrogen-bond acceptors (Lipinski definition) is 7. The summed E-state index contributed by atoms with van der Waals surface area (Å²) in [6, 6.07) is 10.2. The quantitative estimate of drug-likeness (QED) is 0.389. The Balaban J connectivity index is 1.74. The van der Waals surface area contributed by atoms with Crippen LogP contribution in [0.25, 0.3) is 0 Å². The van der Waals surface area contributed by atoms with Crippen LogP contribution in [0.1, 0.15) is 33.6 Å². The molecule has 0 atom stereocenters. The zero-order valence-corrected chi connectivity index (χ0v) is 20.8. The van der Waals surface area contributed by atoms with Gasteiger partial charge in [0, 0.05) is 31.4 Å². The van der Waals surface area contributed by atoms with Crippen molar-refractivity contribution in [3.63, 3.8) is 0 Å². The number of fused-ring (bicyclic) bond motifs is 1. The molecule has 3 N–H and O–H groups in total. The monoisotopic (exact) mass is 490 g/mol. The SMILES string of the molecule is CCCCNc1ccc(S(=O)(=O)N(CC)CC)cc1NCC(=O)Nc1ccc2c(c1)OCCO2. The highest BCUT2D eigenvalue weighted by Crippen LogP contribution is 2.32. The van der Waals surface area contributed by atoms with Gasteiger partial charge in [0.1, 0.15) is 13.2 Å². The Kier molecular flexibility index (Phi) is 9.00. The van der Waals surface area contributed by atoms with Crippen LogP contribution in [0.3, 0.4) is 0 Å². The zero-order chi connectivity index (χ0) is 24.6. The summed E-state index contributed by atoms with van der Waals surface area (Å²) in [6.07, 6.45) is 2.01. The molecule has 0 aliphatic carbocycles. The number of carbonyl (C=O) groups is 1. The molecule has 0 saturated heterocycles. The Hall–Kier alpha value is -2.98. The first-order valence-corrected chi connectivity index (χ1v) is 13.1. The number of ether oxygens (including phenoxy) is 2. The maximum absolute atomic E-state index is 13.0. The van der Waals surface area contributed by atoms with Gasteiger partial charge in [-0.1, -0.05) is 27.2 Å². The molecule has 34 heavy (non-hydrogen) atoms. The first kappa shape index (κ1) is 25.6. The van der Waals surface area contributed by atoms with Gasteiger partial charge in [0.25, 0.3) is 0 Å². The van der Waals surface area contributed by atoms with Crippen molar-refractivity contribution in [3.8, 4) is 11.5 Å². The van der Waals surface area contributed by atoms with Gasteiger partial charge >= 0.3 is 0 Å². The van der Waals surface area contributed by atoms with Crippen LogP contribution >= 0.6 is 0 Å².